The standard InChI is InChI=1S/C18H16N2.C10H8/c19-15-11-13-18(14-12-15)20(16-7-3-1-4-8-16)17-9-5-2-6-10-17;1-2-6-10-8-4-3-7-9(10)5-1/h1-14H,19H2;1-8H. The van der Waals surface area contributed by atoms with E-state index in [-0.39, 0.29) is 0 Å². The molecule has 0 aliphatic rings. The second kappa shape index (κ2) is 9.44. The molecule has 0 aliphatic heterocycles. The average Bonchev–Trinajstić information content (AvgIpc) is 2.82. The Hall–Kier alpha value is -4.04. The van der Waals surface area contributed by atoms with Gasteiger partial charge in [0.25, 0.3) is 0 Å². The Labute approximate surface area is 177 Å². The summed E-state index contributed by atoms with van der Waals surface area (Å²) in [5.41, 5.74) is 9.91. The molecule has 0 saturated heterocycles. The number of benzene rings is 5. The minimum Gasteiger partial charge on any atom is -0.399 e. The van der Waals surface area contributed by atoms with E-state index >= 15 is 0 Å². The third-order valence-corrected chi connectivity index (χ3v) is 4.84. The summed E-state index contributed by atoms with van der Waals surface area (Å²) in [6.45, 7) is 0. The number of fused-ring (bicyclic) bond motifs is 1. The van der Waals surface area contributed by atoms with Crippen molar-refractivity contribution in [3.8, 4) is 0 Å². The monoisotopic (exact) mass is 388 g/mol. The van der Waals surface area contributed by atoms with E-state index in [1.807, 2.05) is 60.7 Å². The van der Waals surface area contributed by atoms with Gasteiger partial charge in [-0.1, -0.05) is 84.9 Å². The first-order chi connectivity index (χ1) is 14.8. The number of anilines is 4. The second-order valence-corrected chi connectivity index (χ2v) is 6.95. The van der Waals surface area contributed by atoms with Gasteiger partial charge < -0.3 is 10.6 Å². The van der Waals surface area contributed by atoms with Crippen LogP contribution in [0.5, 0.6) is 0 Å². The fraction of sp³-hybridized carbons (Fsp3) is 0. The second-order valence-electron chi connectivity index (χ2n) is 6.95. The van der Waals surface area contributed by atoms with Crippen molar-refractivity contribution in [2.75, 3.05) is 10.6 Å². The van der Waals surface area contributed by atoms with Crippen LogP contribution in [-0.2, 0) is 0 Å². The number of hydrogen-bond donors (Lipinski definition) is 1. The SMILES string of the molecule is Nc1ccc(N(c2ccccc2)c2ccccc2)cc1.c1ccc2ccccc2c1. The molecule has 0 radical (unpaired) electrons. The van der Waals surface area contributed by atoms with Crippen molar-refractivity contribution in [1.29, 1.82) is 0 Å². The van der Waals surface area contributed by atoms with Crippen molar-refractivity contribution < 1.29 is 0 Å². The van der Waals surface area contributed by atoms with Crippen LogP contribution in [0.25, 0.3) is 10.8 Å². The first-order valence-electron chi connectivity index (χ1n) is 10.0. The number of nitrogens with two attached hydrogens (primary N) is 1. The van der Waals surface area contributed by atoms with Crippen molar-refractivity contribution in [3.05, 3.63) is 133 Å². The molecule has 5 rings (SSSR count). The topological polar surface area (TPSA) is 29.3 Å². The molecule has 0 unspecified atom stereocenters. The number of nitrogen functional groups attached to an aromatic ring is 1. The highest BCUT2D eigenvalue weighted by atomic mass is 15.1. The molecule has 0 saturated carbocycles. The predicted octanol–water partition coefficient (Wildman–Crippen LogP) is 7.58. The molecule has 2 nitrogen and oxygen atoms in total. The van der Waals surface area contributed by atoms with Gasteiger partial charge in [-0.15, -0.1) is 0 Å². The van der Waals surface area contributed by atoms with Gasteiger partial charge in [0.05, 0.1) is 0 Å². The molecule has 0 fully saturated rings. The number of hydrogen-bond acceptors (Lipinski definition) is 2. The van der Waals surface area contributed by atoms with Crippen molar-refractivity contribution >= 4 is 33.5 Å². The highest BCUT2D eigenvalue weighted by molar-refractivity contribution is 5.82. The fourth-order valence-corrected chi connectivity index (χ4v) is 3.36. The lowest BCUT2D eigenvalue weighted by atomic mass is 10.1. The summed E-state index contributed by atoms with van der Waals surface area (Å²) in [4.78, 5) is 2.21. The molecule has 2 heteroatoms. The molecule has 146 valence electrons. The van der Waals surface area contributed by atoms with Gasteiger partial charge in [-0.25, -0.2) is 0 Å². The van der Waals surface area contributed by atoms with Crippen LogP contribution in [0.1, 0.15) is 0 Å². The predicted molar refractivity (Wildman–Crippen MR) is 129 cm³/mol. The smallest absolute Gasteiger partial charge is 0.0463 e. The van der Waals surface area contributed by atoms with Gasteiger partial charge in [-0.2, -0.15) is 0 Å². The summed E-state index contributed by atoms with van der Waals surface area (Å²) in [5, 5.41) is 2.62. The maximum Gasteiger partial charge on any atom is 0.0463 e. The van der Waals surface area contributed by atoms with E-state index in [4.69, 9.17) is 5.73 Å². The molecular formula is C28H24N2. The van der Waals surface area contributed by atoms with Crippen LogP contribution in [0.4, 0.5) is 22.7 Å². The zero-order chi connectivity index (χ0) is 20.6. The largest absolute Gasteiger partial charge is 0.399 e. The maximum absolute atomic E-state index is 5.79. The number of nitrogens with zero attached hydrogens (tertiary/aromatic N) is 1. The normalized spacial score (nSPS) is 10.1. The van der Waals surface area contributed by atoms with E-state index in [1.54, 1.807) is 0 Å². The molecule has 0 heterocycles. The Bertz CT molecular complexity index is 1080. The summed E-state index contributed by atoms with van der Waals surface area (Å²) >= 11 is 0. The highest BCUT2D eigenvalue weighted by Gasteiger charge is 2.10. The number of para-hydroxylation sites is 2. The molecule has 5 aromatic carbocycles. The Balaban J connectivity index is 0.000000181. The lowest BCUT2D eigenvalue weighted by molar-refractivity contribution is 1.28. The zero-order valence-corrected chi connectivity index (χ0v) is 16.7. The molecule has 0 amide bonds. The van der Waals surface area contributed by atoms with Crippen LogP contribution in [0.3, 0.4) is 0 Å². The van der Waals surface area contributed by atoms with Crippen LogP contribution < -0.4 is 10.6 Å². The van der Waals surface area contributed by atoms with Crippen LogP contribution in [0, 0.1) is 0 Å². The molecule has 0 aliphatic carbocycles. The molecule has 0 aromatic heterocycles. The van der Waals surface area contributed by atoms with Crippen LogP contribution in [-0.4, -0.2) is 0 Å². The van der Waals surface area contributed by atoms with Crippen molar-refractivity contribution in [2.45, 2.75) is 0 Å². The highest BCUT2D eigenvalue weighted by Crippen LogP contribution is 2.34. The fourth-order valence-electron chi connectivity index (χ4n) is 3.36. The molecule has 30 heavy (non-hydrogen) atoms. The van der Waals surface area contributed by atoms with E-state index < -0.39 is 0 Å². The van der Waals surface area contributed by atoms with Gasteiger partial charge in [0.15, 0.2) is 0 Å². The molecule has 2 N–H and O–H groups in total. The molecule has 0 spiro atoms. The van der Waals surface area contributed by atoms with Gasteiger partial charge in [-0.3, -0.25) is 0 Å². The van der Waals surface area contributed by atoms with E-state index in [0.29, 0.717) is 0 Å². The molecule has 0 atom stereocenters. The summed E-state index contributed by atoms with van der Waals surface area (Å²) < 4.78 is 0. The molecule has 5 aromatic rings. The van der Waals surface area contributed by atoms with Gasteiger partial charge in [0.2, 0.25) is 0 Å². The van der Waals surface area contributed by atoms with E-state index in [1.165, 1.54) is 10.8 Å². The van der Waals surface area contributed by atoms with Crippen LogP contribution >= 0.6 is 0 Å². The lowest BCUT2D eigenvalue weighted by Crippen LogP contribution is -2.09. The maximum atomic E-state index is 5.79. The van der Waals surface area contributed by atoms with E-state index in [9.17, 15) is 0 Å². The van der Waals surface area contributed by atoms with Crippen LogP contribution in [0.15, 0.2) is 133 Å². The molecular weight excluding hydrogens is 364 g/mol. The Morgan fingerprint density at radius 2 is 0.700 bits per heavy atom. The quantitative estimate of drug-likeness (QED) is 0.323. The molecule has 0 bridgehead atoms. The van der Waals surface area contributed by atoms with Gasteiger partial charge in [0, 0.05) is 22.7 Å². The van der Waals surface area contributed by atoms with E-state index in [0.717, 1.165) is 22.7 Å². The lowest BCUT2D eigenvalue weighted by Gasteiger charge is -2.25. The Kier molecular flexibility index (Phi) is 6.07. The Morgan fingerprint density at radius 1 is 0.367 bits per heavy atom. The first kappa shape index (κ1) is 19.3. The minimum atomic E-state index is 0.773. The van der Waals surface area contributed by atoms with Crippen molar-refractivity contribution in [1.82, 2.24) is 0 Å². The van der Waals surface area contributed by atoms with Crippen LogP contribution in [0.2, 0.25) is 0 Å². The zero-order valence-electron chi connectivity index (χ0n) is 16.7. The summed E-state index contributed by atoms with van der Waals surface area (Å²) in [7, 11) is 0. The van der Waals surface area contributed by atoms with Gasteiger partial charge in [0.1, 0.15) is 0 Å². The number of rotatable bonds is 3. The van der Waals surface area contributed by atoms with Crippen molar-refractivity contribution in [3.63, 3.8) is 0 Å². The average molecular weight is 389 g/mol. The van der Waals surface area contributed by atoms with Gasteiger partial charge in [-0.05, 0) is 59.3 Å². The third kappa shape index (κ3) is 4.68. The Morgan fingerprint density at radius 3 is 1.10 bits per heavy atom. The third-order valence-electron chi connectivity index (χ3n) is 4.84. The summed E-state index contributed by atoms with van der Waals surface area (Å²) in [5.74, 6) is 0. The summed E-state index contributed by atoms with van der Waals surface area (Å²) in [6.07, 6.45) is 0. The summed E-state index contributed by atoms with van der Waals surface area (Å²) in [6, 6.07) is 45.3. The van der Waals surface area contributed by atoms with Crippen molar-refractivity contribution in [2.24, 2.45) is 0 Å². The van der Waals surface area contributed by atoms with E-state index in [2.05, 4.69) is 77.7 Å². The van der Waals surface area contributed by atoms with Gasteiger partial charge >= 0.3 is 0 Å². The minimum absolute atomic E-state index is 0.773. The first-order valence-corrected chi connectivity index (χ1v) is 10.0.